The fraction of sp³-hybridized carbons (Fsp3) is 0.235. The summed E-state index contributed by atoms with van der Waals surface area (Å²) in [7, 11) is 0. The maximum absolute atomic E-state index is 13.0. The molecule has 4 rings (SSSR count). The molecule has 0 spiro atoms. The van der Waals surface area contributed by atoms with Gasteiger partial charge in [-0.05, 0) is 43.2 Å². The molecule has 3 aromatic rings. The molecule has 2 aromatic heterocycles. The second-order valence-electron chi connectivity index (χ2n) is 5.80. The largest absolute Gasteiger partial charge is 0.344 e. The van der Waals surface area contributed by atoms with Gasteiger partial charge in [0, 0.05) is 18.9 Å². The van der Waals surface area contributed by atoms with Crippen LogP contribution in [0.4, 0.5) is 4.39 Å². The van der Waals surface area contributed by atoms with E-state index in [0.717, 1.165) is 25.1 Å². The van der Waals surface area contributed by atoms with Gasteiger partial charge in [-0.15, -0.1) is 0 Å². The lowest BCUT2D eigenvalue weighted by Gasteiger charge is -2.24. The zero-order chi connectivity index (χ0) is 16.5. The number of nitrogens with one attached hydrogen (secondary N) is 1. The predicted octanol–water partition coefficient (Wildman–Crippen LogP) is 2.47. The number of hydrogen-bond donors (Lipinski definition) is 1. The Kier molecular flexibility index (Phi) is 3.60. The van der Waals surface area contributed by atoms with Crippen LogP contribution in [0.3, 0.4) is 0 Å². The van der Waals surface area contributed by atoms with E-state index in [-0.39, 0.29) is 17.8 Å². The molecule has 122 valence electrons. The molecule has 1 atom stereocenters. The van der Waals surface area contributed by atoms with Crippen molar-refractivity contribution >= 4 is 5.91 Å². The molecule has 0 fully saturated rings. The average molecular weight is 325 g/mol. The van der Waals surface area contributed by atoms with E-state index in [2.05, 4.69) is 15.5 Å². The monoisotopic (exact) mass is 325 g/mol. The van der Waals surface area contributed by atoms with Gasteiger partial charge in [-0.1, -0.05) is 0 Å². The fourth-order valence-corrected chi connectivity index (χ4v) is 2.98. The number of nitrogens with zero attached hydrogens (tertiary/aromatic N) is 4. The molecule has 1 aromatic carbocycles. The van der Waals surface area contributed by atoms with Gasteiger partial charge in [-0.3, -0.25) is 9.48 Å². The molecular formula is C17H16FN5O. The number of fused-ring (bicyclic) bond motifs is 1. The normalized spacial score (nSPS) is 16.6. The lowest BCUT2D eigenvalue weighted by atomic mass is 10.0. The first-order valence-electron chi connectivity index (χ1n) is 7.84. The minimum Gasteiger partial charge on any atom is -0.344 e. The van der Waals surface area contributed by atoms with Gasteiger partial charge in [0.25, 0.3) is 5.91 Å². The number of halogens is 1. The molecule has 3 heterocycles. The van der Waals surface area contributed by atoms with E-state index in [9.17, 15) is 9.18 Å². The van der Waals surface area contributed by atoms with Crippen molar-refractivity contribution in [2.75, 3.05) is 0 Å². The zero-order valence-corrected chi connectivity index (χ0v) is 12.9. The molecule has 6 nitrogen and oxygen atoms in total. The Hall–Kier alpha value is -2.96. The standard InChI is InChI=1S/C17H16FN5O/c18-13-3-5-14(6-4-13)23-11-12(10-20-23)17(24)21-15-2-1-9-22-16(15)7-8-19-22/h3-8,10-11,15H,1-2,9H2,(H,21,24). The van der Waals surface area contributed by atoms with Crippen molar-refractivity contribution in [3.8, 4) is 5.69 Å². The van der Waals surface area contributed by atoms with Crippen LogP contribution in [0, 0.1) is 5.82 Å². The van der Waals surface area contributed by atoms with Crippen LogP contribution in [0.5, 0.6) is 0 Å². The van der Waals surface area contributed by atoms with E-state index >= 15 is 0 Å². The van der Waals surface area contributed by atoms with Crippen molar-refractivity contribution in [1.29, 1.82) is 0 Å². The molecule has 0 radical (unpaired) electrons. The number of benzene rings is 1. The first kappa shape index (κ1) is 14.6. The van der Waals surface area contributed by atoms with Crippen LogP contribution < -0.4 is 5.32 Å². The predicted molar refractivity (Wildman–Crippen MR) is 85.2 cm³/mol. The summed E-state index contributed by atoms with van der Waals surface area (Å²) < 4.78 is 16.5. The summed E-state index contributed by atoms with van der Waals surface area (Å²) in [6, 6.07) is 7.85. The van der Waals surface area contributed by atoms with Gasteiger partial charge in [0.1, 0.15) is 5.82 Å². The lowest BCUT2D eigenvalue weighted by molar-refractivity contribution is 0.0928. The first-order valence-corrected chi connectivity index (χ1v) is 7.84. The van der Waals surface area contributed by atoms with Crippen LogP contribution in [-0.4, -0.2) is 25.5 Å². The molecule has 0 saturated carbocycles. The van der Waals surface area contributed by atoms with Crippen molar-refractivity contribution in [1.82, 2.24) is 24.9 Å². The van der Waals surface area contributed by atoms with Gasteiger partial charge in [-0.25, -0.2) is 9.07 Å². The Morgan fingerprint density at radius 1 is 1.21 bits per heavy atom. The summed E-state index contributed by atoms with van der Waals surface area (Å²) >= 11 is 0. The number of aryl methyl sites for hydroxylation is 1. The van der Waals surface area contributed by atoms with Crippen LogP contribution in [-0.2, 0) is 6.54 Å². The van der Waals surface area contributed by atoms with E-state index < -0.39 is 0 Å². The highest BCUT2D eigenvalue weighted by Crippen LogP contribution is 2.24. The van der Waals surface area contributed by atoms with Crippen LogP contribution in [0.15, 0.2) is 48.9 Å². The molecule has 1 aliphatic rings. The van der Waals surface area contributed by atoms with Crippen LogP contribution >= 0.6 is 0 Å². The molecule has 0 saturated heterocycles. The number of hydrogen-bond acceptors (Lipinski definition) is 3. The third-order valence-electron chi connectivity index (χ3n) is 4.21. The summed E-state index contributed by atoms with van der Waals surface area (Å²) in [5.74, 6) is -0.485. The summed E-state index contributed by atoms with van der Waals surface area (Å²) in [6.07, 6.45) is 6.78. The molecule has 1 N–H and O–H groups in total. The average Bonchev–Trinajstić information content (AvgIpc) is 3.25. The van der Waals surface area contributed by atoms with Gasteiger partial charge in [0.2, 0.25) is 0 Å². The molecular weight excluding hydrogens is 309 g/mol. The summed E-state index contributed by atoms with van der Waals surface area (Å²) in [4.78, 5) is 12.5. The minimum absolute atomic E-state index is 0.0390. The van der Waals surface area contributed by atoms with Crippen molar-refractivity contribution < 1.29 is 9.18 Å². The molecule has 1 amide bonds. The number of amides is 1. The van der Waals surface area contributed by atoms with E-state index in [4.69, 9.17) is 0 Å². The summed E-state index contributed by atoms with van der Waals surface area (Å²) in [5, 5.41) is 11.5. The molecule has 0 bridgehead atoms. The Bertz CT molecular complexity index is 867. The van der Waals surface area contributed by atoms with Crippen molar-refractivity contribution in [3.63, 3.8) is 0 Å². The molecule has 1 aliphatic heterocycles. The molecule has 1 unspecified atom stereocenters. The second kappa shape index (κ2) is 5.92. The summed E-state index contributed by atoms with van der Waals surface area (Å²) in [5.41, 5.74) is 2.20. The van der Waals surface area contributed by atoms with Crippen LogP contribution in [0.2, 0.25) is 0 Å². The van der Waals surface area contributed by atoms with E-state index in [1.54, 1.807) is 29.2 Å². The Labute approximate surface area is 137 Å². The van der Waals surface area contributed by atoms with Crippen LogP contribution in [0.25, 0.3) is 5.69 Å². The second-order valence-corrected chi connectivity index (χ2v) is 5.80. The first-order chi connectivity index (χ1) is 11.7. The Balaban J connectivity index is 1.51. The van der Waals surface area contributed by atoms with E-state index in [1.807, 2.05) is 10.7 Å². The number of rotatable bonds is 3. The highest BCUT2D eigenvalue weighted by Gasteiger charge is 2.23. The van der Waals surface area contributed by atoms with Crippen molar-refractivity contribution in [3.05, 3.63) is 66.0 Å². The van der Waals surface area contributed by atoms with Crippen molar-refractivity contribution in [2.24, 2.45) is 0 Å². The third-order valence-corrected chi connectivity index (χ3v) is 4.21. The lowest BCUT2D eigenvalue weighted by Crippen LogP contribution is -2.32. The van der Waals surface area contributed by atoms with Gasteiger partial charge >= 0.3 is 0 Å². The number of carbonyl (C=O) groups is 1. The molecule has 0 aliphatic carbocycles. The van der Waals surface area contributed by atoms with E-state index in [1.165, 1.54) is 18.3 Å². The molecule has 24 heavy (non-hydrogen) atoms. The highest BCUT2D eigenvalue weighted by atomic mass is 19.1. The quantitative estimate of drug-likeness (QED) is 0.804. The fourth-order valence-electron chi connectivity index (χ4n) is 2.98. The van der Waals surface area contributed by atoms with E-state index in [0.29, 0.717) is 11.3 Å². The number of aromatic nitrogens is 4. The van der Waals surface area contributed by atoms with Crippen molar-refractivity contribution in [2.45, 2.75) is 25.4 Å². The van der Waals surface area contributed by atoms with Gasteiger partial charge in [0.15, 0.2) is 0 Å². The Morgan fingerprint density at radius 2 is 2.04 bits per heavy atom. The van der Waals surface area contributed by atoms with Gasteiger partial charge in [0.05, 0.1) is 29.2 Å². The summed E-state index contributed by atoms with van der Waals surface area (Å²) in [6.45, 7) is 0.886. The SMILES string of the molecule is O=C(NC1CCCn2nccc21)c1cnn(-c2ccc(F)cc2)c1. The molecule has 7 heteroatoms. The smallest absolute Gasteiger partial charge is 0.255 e. The highest BCUT2D eigenvalue weighted by molar-refractivity contribution is 5.94. The zero-order valence-electron chi connectivity index (χ0n) is 12.9. The maximum Gasteiger partial charge on any atom is 0.255 e. The van der Waals surface area contributed by atoms with Gasteiger partial charge < -0.3 is 5.32 Å². The third kappa shape index (κ3) is 2.68. The topological polar surface area (TPSA) is 64.7 Å². The maximum atomic E-state index is 13.0. The number of carbonyl (C=O) groups excluding carboxylic acids is 1. The minimum atomic E-state index is -0.308. The Morgan fingerprint density at radius 3 is 2.88 bits per heavy atom. The van der Waals surface area contributed by atoms with Gasteiger partial charge in [-0.2, -0.15) is 10.2 Å². The van der Waals surface area contributed by atoms with Crippen LogP contribution in [0.1, 0.15) is 34.9 Å².